The largest absolute Gasteiger partial charge is 0.198 e. The maximum atomic E-state index is 9.52. The summed E-state index contributed by atoms with van der Waals surface area (Å²) in [6, 6.07) is 11.0. The van der Waals surface area contributed by atoms with E-state index in [1.165, 1.54) is 43.2 Å². The summed E-state index contributed by atoms with van der Waals surface area (Å²) in [5.74, 6) is 0.0587. The highest BCUT2D eigenvalue weighted by molar-refractivity contribution is 5.30. The van der Waals surface area contributed by atoms with Gasteiger partial charge in [-0.1, -0.05) is 69.9 Å². The van der Waals surface area contributed by atoms with Gasteiger partial charge in [0.25, 0.3) is 0 Å². The van der Waals surface area contributed by atoms with E-state index in [-0.39, 0.29) is 11.3 Å². The lowest BCUT2D eigenvalue weighted by atomic mass is 9.65. The highest BCUT2D eigenvalue weighted by Gasteiger charge is 2.36. The Bertz CT molecular complexity index is 404. The summed E-state index contributed by atoms with van der Waals surface area (Å²) in [4.78, 5) is 0. The number of hydrogen-bond acceptors (Lipinski definition) is 1. The first-order valence-corrected chi connectivity index (χ1v) is 7.62. The molecule has 0 aliphatic heterocycles. The molecule has 1 aromatic rings. The number of benzene rings is 1. The van der Waals surface area contributed by atoms with Gasteiger partial charge in [0.15, 0.2) is 0 Å². The van der Waals surface area contributed by atoms with Gasteiger partial charge in [-0.25, -0.2) is 0 Å². The topological polar surface area (TPSA) is 23.8 Å². The summed E-state index contributed by atoms with van der Waals surface area (Å²) in [5, 5.41) is 9.52. The van der Waals surface area contributed by atoms with Gasteiger partial charge in [-0.2, -0.15) is 5.26 Å². The number of hydrogen-bond donors (Lipinski definition) is 0. The lowest BCUT2D eigenvalue weighted by molar-refractivity contribution is 0.194. The quantitative estimate of drug-likeness (QED) is 0.676. The highest BCUT2D eigenvalue weighted by Crippen LogP contribution is 2.46. The first-order valence-electron chi connectivity index (χ1n) is 7.62. The Morgan fingerprint density at radius 3 is 2.05 bits per heavy atom. The molecule has 1 unspecified atom stereocenters. The second-order valence-corrected chi connectivity index (χ2v) is 5.69. The minimum absolute atomic E-state index is 0.0587. The fourth-order valence-corrected chi connectivity index (χ4v) is 3.04. The third kappa shape index (κ3) is 3.83. The molecule has 0 amide bonds. The van der Waals surface area contributed by atoms with Crippen LogP contribution in [0.25, 0.3) is 0 Å². The monoisotopic (exact) mass is 257 g/mol. The van der Waals surface area contributed by atoms with Gasteiger partial charge in [0.05, 0.1) is 12.0 Å². The summed E-state index contributed by atoms with van der Waals surface area (Å²) in [6.07, 6.45) is 6.28. The van der Waals surface area contributed by atoms with E-state index in [0.29, 0.717) is 0 Å². The molecular formula is C18H27N. The molecule has 0 radical (unpaired) electrons. The van der Waals surface area contributed by atoms with E-state index in [2.05, 4.69) is 44.2 Å². The van der Waals surface area contributed by atoms with E-state index in [1.54, 1.807) is 0 Å². The number of aryl methyl sites for hydroxylation is 1. The van der Waals surface area contributed by atoms with Crippen LogP contribution in [-0.2, 0) is 0 Å². The van der Waals surface area contributed by atoms with Gasteiger partial charge in [0.2, 0.25) is 0 Å². The van der Waals surface area contributed by atoms with Crippen LogP contribution in [0.4, 0.5) is 0 Å². The standard InChI is InChI=1S/C16H21N.C2H6/c1-13-6-8-14(9-7-13)15(12-17)16(2)10-4-3-5-11-16;1-2/h6-9,15H,3-5,10-11H2,1-2H3;1-2H3. The van der Waals surface area contributed by atoms with Crippen molar-refractivity contribution in [3.05, 3.63) is 35.4 Å². The first kappa shape index (κ1) is 15.8. The molecule has 0 aromatic heterocycles. The Morgan fingerprint density at radius 1 is 1.05 bits per heavy atom. The average Bonchev–Trinajstić information content (AvgIpc) is 2.44. The van der Waals surface area contributed by atoms with Crippen molar-refractivity contribution in [1.82, 2.24) is 0 Å². The van der Waals surface area contributed by atoms with Crippen LogP contribution in [0.3, 0.4) is 0 Å². The van der Waals surface area contributed by atoms with Gasteiger partial charge in [-0.3, -0.25) is 0 Å². The van der Waals surface area contributed by atoms with Gasteiger partial charge in [-0.05, 0) is 30.7 Å². The summed E-state index contributed by atoms with van der Waals surface area (Å²) in [6.45, 7) is 8.38. The molecule has 1 nitrogen and oxygen atoms in total. The van der Waals surface area contributed by atoms with Crippen molar-refractivity contribution in [2.75, 3.05) is 0 Å². The minimum Gasteiger partial charge on any atom is -0.198 e. The van der Waals surface area contributed by atoms with Crippen LogP contribution in [-0.4, -0.2) is 0 Å². The van der Waals surface area contributed by atoms with Gasteiger partial charge in [0, 0.05) is 0 Å². The molecule has 19 heavy (non-hydrogen) atoms. The van der Waals surface area contributed by atoms with Crippen molar-refractivity contribution in [3.63, 3.8) is 0 Å². The molecule has 0 N–H and O–H groups in total. The van der Waals surface area contributed by atoms with Crippen LogP contribution >= 0.6 is 0 Å². The smallest absolute Gasteiger partial charge is 0.0766 e. The predicted molar refractivity (Wildman–Crippen MR) is 82.1 cm³/mol. The van der Waals surface area contributed by atoms with E-state index < -0.39 is 0 Å². The van der Waals surface area contributed by atoms with Crippen LogP contribution in [0.1, 0.15) is 69.9 Å². The normalized spacial score (nSPS) is 18.7. The maximum absolute atomic E-state index is 9.52. The summed E-state index contributed by atoms with van der Waals surface area (Å²) >= 11 is 0. The zero-order valence-electron chi connectivity index (χ0n) is 12.9. The third-order valence-corrected chi connectivity index (χ3v) is 4.23. The third-order valence-electron chi connectivity index (χ3n) is 4.23. The van der Waals surface area contributed by atoms with Gasteiger partial charge in [0.1, 0.15) is 0 Å². The number of nitrogens with zero attached hydrogens (tertiary/aromatic N) is 1. The van der Waals surface area contributed by atoms with E-state index in [0.717, 1.165) is 0 Å². The van der Waals surface area contributed by atoms with E-state index >= 15 is 0 Å². The first-order chi connectivity index (χ1) is 9.15. The zero-order chi connectivity index (χ0) is 14.3. The summed E-state index contributed by atoms with van der Waals surface area (Å²) in [7, 11) is 0. The van der Waals surface area contributed by atoms with E-state index in [1.807, 2.05) is 13.8 Å². The van der Waals surface area contributed by atoms with Crippen molar-refractivity contribution in [1.29, 1.82) is 5.26 Å². The fraction of sp³-hybridized carbons (Fsp3) is 0.611. The molecule has 1 atom stereocenters. The highest BCUT2D eigenvalue weighted by atomic mass is 14.4. The Kier molecular flexibility index (Phi) is 6.09. The van der Waals surface area contributed by atoms with Crippen molar-refractivity contribution < 1.29 is 0 Å². The Morgan fingerprint density at radius 2 is 1.58 bits per heavy atom. The van der Waals surface area contributed by atoms with Crippen LogP contribution in [0.2, 0.25) is 0 Å². The number of nitriles is 1. The molecule has 0 spiro atoms. The molecule has 1 aliphatic carbocycles. The minimum atomic E-state index is 0.0587. The Hall–Kier alpha value is -1.29. The van der Waals surface area contributed by atoms with Gasteiger partial charge < -0.3 is 0 Å². The molecule has 2 rings (SSSR count). The second-order valence-electron chi connectivity index (χ2n) is 5.69. The van der Waals surface area contributed by atoms with Gasteiger partial charge >= 0.3 is 0 Å². The average molecular weight is 257 g/mol. The molecular weight excluding hydrogens is 230 g/mol. The lowest BCUT2D eigenvalue weighted by Crippen LogP contribution is -2.27. The van der Waals surface area contributed by atoms with Crippen molar-refractivity contribution in [2.24, 2.45) is 5.41 Å². The molecule has 0 heterocycles. The molecule has 0 saturated heterocycles. The van der Waals surface area contributed by atoms with Crippen molar-refractivity contribution in [2.45, 2.75) is 65.7 Å². The molecule has 1 heteroatoms. The Labute approximate surface area is 118 Å². The maximum Gasteiger partial charge on any atom is 0.0766 e. The SMILES string of the molecule is CC.Cc1ccc(C(C#N)C2(C)CCCCC2)cc1. The second kappa shape index (κ2) is 7.34. The van der Waals surface area contributed by atoms with Crippen molar-refractivity contribution >= 4 is 0 Å². The van der Waals surface area contributed by atoms with Gasteiger partial charge in [-0.15, -0.1) is 0 Å². The molecule has 1 aromatic carbocycles. The Balaban J connectivity index is 0.000000861. The lowest BCUT2D eigenvalue weighted by Gasteiger charge is -2.37. The molecule has 104 valence electrons. The summed E-state index contributed by atoms with van der Waals surface area (Å²) < 4.78 is 0. The predicted octanol–water partition coefficient (Wildman–Crippen LogP) is 5.60. The van der Waals surface area contributed by atoms with Crippen LogP contribution < -0.4 is 0 Å². The molecule has 1 aliphatic rings. The van der Waals surface area contributed by atoms with E-state index in [9.17, 15) is 5.26 Å². The number of rotatable bonds is 2. The molecule has 1 saturated carbocycles. The molecule has 1 fully saturated rings. The van der Waals surface area contributed by atoms with Crippen LogP contribution in [0, 0.1) is 23.7 Å². The van der Waals surface area contributed by atoms with Crippen LogP contribution in [0.5, 0.6) is 0 Å². The van der Waals surface area contributed by atoms with Crippen molar-refractivity contribution in [3.8, 4) is 6.07 Å². The van der Waals surface area contributed by atoms with E-state index in [4.69, 9.17) is 0 Å². The summed E-state index contributed by atoms with van der Waals surface area (Å²) in [5.41, 5.74) is 2.64. The zero-order valence-corrected chi connectivity index (χ0v) is 12.9. The fourth-order valence-electron chi connectivity index (χ4n) is 3.04. The van der Waals surface area contributed by atoms with Crippen LogP contribution in [0.15, 0.2) is 24.3 Å². The molecule has 0 bridgehead atoms.